The number of amides is 2. The van der Waals surface area contributed by atoms with Gasteiger partial charge in [0.2, 0.25) is 11.9 Å². The summed E-state index contributed by atoms with van der Waals surface area (Å²) in [6.07, 6.45) is -1.86. The third-order valence-electron chi connectivity index (χ3n) is 8.01. The van der Waals surface area contributed by atoms with Gasteiger partial charge in [-0.15, -0.1) is 0 Å². The maximum absolute atomic E-state index is 13.8. The van der Waals surface area contributed by atoms with Crippen LogP contribution < -0.4 is 0 Å². The van der Waals surface area contributed by atoms with Gasteiger partial charge in [0, 0.05) is 25.7 Å². The van der Waals surface area contributed by atoms with E-state index in [0.29, 0.717) is 31.8 Å². The molecule has 2 amide bonds. The Morgan fingerprint density at radius 3 is 2.46 bits per heavy atom. The molecule has 1 aromatic heterocycles. The predicted octanol–water partition coefficient (Wildman–Crippen LogP) is 5.76. The second-order valence-electron chi connectivity index (χ2n) is 12.4. The first-order chi connectivity index (χ1) is 22.0. The van der Waals surface area contributed by atoms with E-state index in [0.717, 1.165) is 27.2 Å². The smallest absolute Gasteiger partial charge is 0.417 e. The topological polar surface area (TPSA) is 125 Å². The Balaban J connectivity index is 1.46. The van der Waals surface area contributed by atoms with Crippen LogP contribution in [0.2, 0.25) is 0 Å². The van der Waals surface area contributed by atoms with Gasteiger partial charge in [-0.3, -0.25) is 9.59 Å². The number of benzene rings is 2. The van der Waals surface area contributed by atoms with Crippen molar-refractivity contribution in [1.82, 2.24) is 4.90 Å². The van der Waals surface area contributed by atoms with Crippen molar-refractivity contribution in [2.24, 2.45) is 5.92 Å². The lowest BCUT2D eigenvalue weighted by Gasteiger charge is -2.31. The predicted molar refractivity (Wildman–Crippen MR) is 171 cm³/mol. The molecule has 3 aromatic rings. The first-order valence-electron chi connectivity index (χ1n) is 15.6. The van der Waals surface area contributed by atoms with Crippen LogP contribution in [0.5, 0.6) is 0 Å². The lowest BCUT2D eigenvalue weighted by Crippen LogP contribution is -2.53. The zero-order valence-corrected chi connectivity index (χ0v) is 27.5. The van der Waals surface area contributed by atoms with Crippen molar-refractivity contribution in [3.63, 3.8) is 0 Å². The number of ether oxygens (including phenoxy) is 4. The van der Waals surface area contributed by atoms with Crippen molar-refractivity contribution in [2.45, 2.75) is 77.9 Å². The number of aliphatic hydroxyl groups is 1. The van der Waals surface area contributed by atoms with E-state index >= 15 is 0 Å². The lowest BCUT2D eigenvalue weighted by atomic mass is 9.88. The molecule has 46 heavy (non-hydrogen) atoms. The number of nitrogens with zero attached hydrogens (tertiary/aromatic N) is 1. The van der Waals surface area contributed by atoms with Crippen LogP contribution in [0.15, 0.2) is 65.1 Å². The number of cyclic esters (lactones) is 1. The molecule has 0 spiro atoms. The minimum atomic E-state index is -1.60. The van der Waals surface area contributed by atoms with Crippen LogP contribution in [0.1, 0.15) is 61.6 Å². The first-order valence-corrected chi connectivity index (χ1v) is 15.6. The molecule has 1 fully saturated rings. The molecule has 0 radical (unpaired) electrons. The summed E-state index contributed by atoms with van der Waals surface area (Å²) in [5, 5.41) is 9.72. The van der Waals surface area contributed by atoms with E-state index in [4.69, 9.17) is 23.4 Å². The fourth-order valence-electron chi connectivity index (χ4n) is 5.95. The number of aliphatic hydroxyl groups excluding tert-OH is 1. The molecule has 3 atom stereocenters. The van der Waals surface area contributed by atoms with Crippen molar-refractivity contribution in [2.75, 3.05) is 26.9 Å². The van der Waals surface area contributed by atoms with Gasteiger partial charge in [-0.1, -0.05) is 74.0 Å². The Morgan fingerprint density at radius 2 is 1.80 bits per heavy atom. The van der Waals surface area contributed by atoms with Gasteiger partial charge < -0.3 is 28.5 Å². The highest BCUT2D eigenvalue weighted by Gasteiger charge is 2.54. The van der Waals surface area contributed by atoms with Crippen molar-refractivity contribution in [1.29, 1.82) is 0 Å². The Morgan fingerprint density at radius 1 is 1.07 bits per heavy atom. The molecule has 0 bridgehead atoms. The van der Waals surface area contributed by atoms with Gasteiger partial charge in [-0.2, -0.15) is 0 Å². The maximum atomic E-state index is 13.8. The molecule has 2 heterocycles. The number of rotatable bonds is 16. The van der Waals surface area contributed by atoms with Crippen molar-refractivity contribution in [3.05, 3.63) is 83.3 Å². The van der Waals surface area contributed by atoms with Crippen LogP contribution in [0.4, 0.5) is 4.79 Å². The quantitative estimate of drug-likeness (QED) is 0.119. The maximum Gasteiger partial charge on any atom is 0.417 e. The zero-order chi connectivity index (χ0) is 33.4. The summed E-state index contributed by atoms with van der Waals surface area (Å²) >= 11 is 0. The van der Waals surface area contributed by atoms with E-state index in [2.05, 4.69) is 0 Å². The van der Waals surface area contributed by atoms with Gasteiger partial charge in [0.15, 0.2) is 5.76 Å². The first kappa shape index (κ1) is 35.0. The second kappa shape index (κ2) is 15.6. The largest absolute Gasteiger partial charge is 0.457 e. The van der Waals surface area contributed by atoms with E-state index in [1.54, 1.807) is 19.9 Å². The fourth-order valence-corrected chi connectivity index (χ4v) is 5.95. The van der Waals surface area contributed by atoms with Crippen LogP contribution in [-0.4, -0.2) is 78.6 Å². The average molecular weight is 636 g/mol. The van der Waals surface area contributed by atoms with Gasteiger partial charge in [0.25, 0.3) is 5.91 Å². The Labute approximate surface area is 270 Å². The van der Waals surface area contributed by atoms with E-state index in [1.165, 1.54) is 7.11 Å². The van der Waals surface area contributed by atoms with Crippen LogP contribution >= 0.6 is 0 Å². The molecule has 1 aliphatic rings. The highest BCUT2D eigenvalue weighted by Crippen LogP contribution is 2.35. The minimum absolute atomic E-state index is 0.0461. The minimum Gasteiger partial charge on any atom is -0.457 e. The molecular weight excluding hydrogens is 590 g/mol. The summed E-state index contributed by atoms with van der Waals surface area (Å²) < 4.78 is 28.6. The summed E-state index contributed by atoms with van der Waals surface area (Å²) in [5.41, 5.74) is 2.69. The number of hydrogen-bond acceptors (Lipinski definition) is 9. The Kier molecular flexibility index (Phi) is 11.9. The highest BCUT2D eigenvalue weighted by atomic mass is 16.6. The number of hydrogen-bond donors (Lipinski definition) is 1. The van der Waals surface area contributed by atoms with Gasteiger partial charge in [-0.05, 0) is 50.3 Å². The Bertz CT molecular complexity index is 1480. The molecular formula is C36H45NO9. The van der Waals surface area contributed by atoms with E-state index < -0.39 is 41.6 Å². The summed E-state index contributed by atoms with van der Waals surface area (Å²) in [7, 11) is 1.25. The van der Waals surface area contributed by atoms with E-state index in [-0.39, 0.29) is 24.9 Å². The van der Waals surface area contributed by atoms with Gasteiger partial charge >= 0.3 is 6.09 Å². The van der Waals surface area contributed by atoms with Crippen LogP contribution in [0, 0.1) is 12.8 Å². The molecule has 2 aromatic carbocycles. The van der Waals surface area contributed by atoms with Gasteiger partial charge in [0.05, 0.1) is 25.9 Å². The Hall–Kier alpha value is -3.83. The summed E-state index contributed by atoms with van der Waals surface area (Å²) in [4.78, 5) is 41.2. The molecule has 1 aliphatic heterocycles. The number of Topliss-reactive ketones (excluding diaryl/α,β-unsaturated/α-hetero) is 1. The molecule has 1 saturated heterocycles. The second-order valence-corrected chi connectivity index (χ2v) is 12.4. The molecule has 4 rings (SSSR count). The van der Waals surface area contributed by atoms with Gasteiger partial charge in [-0.25, -0.2) is 9.69 Å². The molecule has 10 heteroatoms. The number of aryl methyl sites for hydroxylation is 2. The van der Waals surface area contributed by atoms with Crippen LogP contribution in [-0.2, 0) is 36.8 Å². The van der Waals surface area contributed by atoms with Crippen LogP contribution in [0.25, 0.3) is 11.1 Å². The fraction of sp³-hybridized carbons (Fsp3) is 0.472. The van der Waals surface area contributed by atoms with Gasteiger partial charge in [0.1, 0.15) is 17.5 Å². The number of imide groups is 1. The molecule has 248 valence electrons. The summed E-state index contributed by atoms with van der Waals surface area (Å²) in [6.45, 7) is 10.0. The molecule has 0 unspecified atom stereocenters. The molecule has 0 saturated carbocycles. The summed E-state index contributed by atoms with van der Waals surface area (Å²) in [5.74, 6) is -1.09. The summed E-state index contributed by atoms with van der Waals surface area (Å²) in [6, 6.07) is 18.6. The third-order valence-corrected chi connectivity index (χ3v) is 8.01. The number of furan rings is 1. The van der Waals surface area contributed by atoms with E-state index in [1.807, 2.05) is 75.4 Å². The van der Waals surface area contributed by atoms with Crippen molar-refractivity contribution < 1.29 is 42.9 Å². The monoisotopic (exact) mass is 635 g/mol. The van der Waals surface area contributed by atoms with Crippen molar-refractivity contribution >= 4 is 17.8 Å². The number of carbonyl (C=O) groups is 3. The highest BCUT2D eigenvalue weighted by molar-refractivity contribution is 6.14. The lowest BCUT2D eigenvalue weighted by molar-refractivity contribution is -0.138. The third kappa shape index (κ3) is 8.30. The molecule has 0 aliphatic carbocycles. The zero-order valence-electron chi connectivity index (χ0n) is 27.5. The standard InChI is InChI=1S/C36H45NO9/c1-23(2)33-36(4,5)46-35(41)37(33)34(40)32(42-6)31(39)30-19-28(26-15-10-12-24(3)18-26)29(45-30)16-11-17-43-22-27(20-38)44-21-25-13-8-7-9-14-25/h7-10,12-15,18-19,23,27,32-33,38H,11,16-17,20-22H2,1-6H3/t27-,32-,33-/m1/s1. The number of carbonyl (C=O) groups excluding carboxylic acids is 3. The molecule has 1 N–H and O–H groups in total. The average Bonchev–Trinajstić information content (AvgIpc) is 3.56. The number of ketones is 1. The van der Waals surface area contributed by atoms with Crippen LogP contribution in [0.3, 0.4) is 0 Å². The molecule has 10 nitrogen and oxygen atoms in total. The number of methoxy groups -OCH3 is 1. The van der Waals surface area contributed by atoms with Crippen molar-refractivity contribution in [3.8, 4) is 11.1 Å². The normalized spacial score (nSPS) is 17.3. The van der Waals surface area contributed by atoms with E-state index in [9.17, 15) is 19.5 Å². The SMILES string of the molecule is CO[C@H](C(=O)c1cc(-c2cccc(C)c2)c(CCCOC[C@@H](CO)OCc2ccccc2)o1)C(=O)N1C(=O)OC(C)(C)[C@H]1C(C)C.